The maximum Gasteiger partial charge on any atom is 0.177 e. The topological polar surface area (TPSA) is 90.5 Å². The van der Waals surface area contributed by atoms with Gasteiger partial charge in [-0.2, -0.15) is 0 Å². The number of rotatable bonds is 8. The van der Waals surface area contributed by atoms with Crippen LogP contribution in [0.4, 0.5) is 0 Å². The summed E-state index contributed by atoms with van der Waals surface area (Å²) in [6, 6.07) is 9.28. The van der Waals surface area contributed by atoms with E-state index in [0.717, 1.165) is 22.4 Å². The molecule has 0 fully saturated rings. The van der Waals surface area contributed by atoms with Gasteiger partial charge in [-0.15, -0.1) is 0 Å². The molecule has 0 bridgehead atoms. The van der Waals surface area contributed by atoms with Crippen molar-refractivity contribution >= 4 is 10.1 Å². The van der Waals surface area contributed by atoms with Crippen LogP contribution in [-0.2, 0) is 23.1 Å². The van der Waals surface area contributed by atoms with E-state index in [9.17, 15) is 18.1 Å². The average Bonchev–Trinajstić information content (AvgIpc) is 2.55. The van der Waals surface area contributed by atoms with Gasteiger partial charge >= 0.3 is 0 Å². The zero-order chi connectivity index (χ0) is 18.4. The molecule has 0 aliphatic heterocycles. The second-order valence-electron chi connectivity index (χ2n) is 6.08. The number of benzene rings is 1. The smallest absolute Gasteiger partial charge is 0.177 e. The standard InChI is InChI=1S/C18H23NO5S/c1-14-4-3-5-18(15(14)2)24-13-17(20)12-19-9-6-16(7-10-19)8-11-25(21,22)23/h3-7,9-10,17,20H,8,11-13H2,1-2H3. The lowest BCUT2D eigenvalue weighted by molar-refractivity contribution is -0.703. The summed E-state index contributed by atoms with van der Waals surface area (Å²) in [5.41, 5.74) is 2.95. The van der Waals surface area contributed by atoms with Gasteiger partial charge in [0.2, 0.25) is 0 Å². The van der Waals surface area contributed by atoms with Gasteiger partial charge in [0.15, 0.2) is 18.9 Å². The third kappa shape index (κ3) is 6.45. The maximum absolute atomic E-state index is 10.6. The molecule has 1 atom stereocenters. The lowest BCUT2D eigenvalue weighted by Gasteiger charge is -2.13. The lowest BCUT2D eigenvalue weighted by Crippen LogP contribution is -2.41. The van der Waals surface area contributed by atoms with Gasteiger partial charge in [-0.1, -0.05) is 12.1 Å². The van der Waals surface area contributed by atoms with Crippen LogP contribution in [0.15, 0.2) is 42.7 Å². The van der Waals surface area contributed by atoms with Crippen LogP contribution >= 0.6 is 0 Å². The number of ether oxygens (including phenoxy) is 1. The highest BCUT2D eigenvalue weighted by Crippen LogP contribution is 2.20. The fraction of sp³-hybridized carbons (Fsp3) is 0.389. The number of hydrogen-bond donors (Lipinski definition) is 1. The monoisotopic (exact) mass is 365 g/mol. The Hall–Kier alpha value is -1.96. The quantitative estimate of drug-likeness (QED) is 0.559. The molecule has 0 spiro atoms. The molecule has 1 heterocycles. The molecule has 0 saturated heterocycles. The normalized spacial score (nSPS) is 12.8. The van der Waals surface area contributed by atoms with E-state index in [-0.39, 0.29) is 13.0 Å². The molecule has 0 radical (unpaired) electrons. The van der Waals surface area contributed by atoms with Crippen LogP contribution < -0.4 is 9.30 Å². The van der Waals surface area contributed by atoms with Crippen molar-refractivity contribution in [3.05, 3.63) is 59.4 Å². The van der Waals surface area contributed by atoms with Crippen molar-refractivity contribution in [2.75, 3.05) is 12.4 Å². The number of pyridine rings is 1. The van der Waals surface area contributed by atoms with E-state index in [4.69, 9.17) is 4.74 Å². The first-order chi connectivity index (χ1) is 11.7. The van der Waals surface area contributed by atoms with Crippen molar-refractivity contribution in [1.29, 1.82) is 0 Å². The molecular formula is C18H23NO5S. The molecule has 0 aliphatic rings. The van der Waals surface area contributed by atoms with E-state index < -0.39 is 22.0 Å². The summed E-state index contributed by atoms with van der Waals surface area (Å²) in [6.07, 6.45) is 2.99. The van der Waals surface area contributed by atoms with Crippen LogP contribution in [0.25, 0.3) is 0 Å². The Bertz CT molecular complexity index is 803. The van der Waals surface area contributed by atoms with Crippen LogP contribution in [0.3, 0.4) is 0 Å². The number of aliphatic hydroxyl groups is 1. The van der Waals surface area contributed by atoms with Crippen LogP contribution in [0.1, 0.15) is 16.7 Å². The molecule has 2 aromatic rings. The number of aliphatic hydroxyl groups excluding tert-OH is 1. The highest BCUT2D eigenvalue weighted by Gasteiger charge is 2.13. The van der Waals surface area contributed by atoms with Crippen molar-refractivity contribution in [2.45, 2.75) is 32.9 Å². The predicted octanol–water partition coefficient (Wildman–Crippen LogP) is 1.12. The van der Waals surface area contributed by atoms with Gasteiger partial charge < -0.3 is 14.4 Å². The zero-order valence-electron chi connectivity index (χ0n) is 14.4. The SMILES string of the molecule is Cc1cccc(OCC(O)C[n+]2ccc(CCS(=O)(=O)[O-])cc2)c1C. The van der Waals surface area contributed by atoms with E-state index >= 15 is 0 Å². The highest BCUT2D eigenvalue weighted by atomic mass is 32.2. The molecule has 0 saturated carbocycles. The number of hydrogen-bond acceptors (Lipinski definition) is 5. The van der Waals surface area contributed by atoms with E-state index in [2.05, 4.69) is 0 Å². The van der Waals surface area contributed by atoms with Crippen LogP contribution in [0, 0.1) is 13.8 Å². The maximum atomic E-state index is 10.6. The summed E-state index contributed by atoms with van der Waals surface area (Å²) in [5, 5.41) is 10.1. The Morgan fingerprint density at radius 1 is 1.20 bits per heavy atom. The van der Waals surface area contributed by atoms with Gasteiger partial charge in [0.1, 0.15) is 18.5 Å². The molecule has 1 aromatic heterocycles. The number of aromatic nitrogens is 1. The van der Waals surface area contributed by atoms with Crippen molar-refractivity contribution < 1.29 is 27.4 Å². The van der Waals surface area contributed by atoms with E-state index in [0.29, 0.717) is 6.54 Å². The first kappa shape index (κ1) is 19.4. The molecule has 1 N–H and O–H groups in total. The Balaban J connectivity index is 1.86. The van der Waals surface area contributed by atoms with Gasteiger partial charge in [0.05, 0.1) is 10.1 Å². The van der Waals surface area contributed by atoms with Gasteiger partial charge in [-0.3, -0.25) is 0 Å². The van der Waals surface area contributed by atoms with E-state index in [1.54, 1.807) is 29.1 Å². The van der Waals surface area contributed by atoms with Crippen molar-refractivity contribution in [2.24, 2.45) is 0 Å². The molecule has 25 heavy (non-hydrogen) atoms. The minimum absolute atomic E-state index is 0.174. The molecule has 0 amide bonds. The van der Waals surface area contributed by atoms with Gasteiger partial charge in [-0.05, 0) is 43.0 Å². The highest BCUT2D eigenvalue weighted by molar-refractivity contribution is 7.85. The fourth-order valence-corrected chi connectivity index (χ4v) is 2.87. The Labute approximate surface area is 148 Å². The zero-order valence-corrected chi connectivity index (χ0v) is 15.2. The Morgan fingerprint density at radius 2 is 1.88 bits per heavy atom. The van der Waals surface area contributed by atoms with Crippen LogP contribution in [0.5, 0.6) is 5.75 Å². The molecule has 2 rings (SSSR count). The second-order valence-corrected chi connectivity index (χ2v) is 7.60. The largest absolute Gasteiger partial charge is 0.748 e. The van der Waals surface area contributed by atoms with Gasteiger partial charge in [0, 0.05) is 17.9 Å². The van der Waals surface area contributed by atoms with Gasteiger partial charge in [0.25, 0.3) is 0 Å². The van der Waals surface area contributed by atoms with Crippen molar-refractivity contribution in [1.82, 2.24) is 0 Å². The van der Waals surface area contributed by atoms with Crippen molar-refractivity contribution in [3.63, 3.8) is 0 Å². The average molecular weight is 365 g/mol. The predicted molar refractivity (Wildman–Crippen MR) is 92.3 cm³/mol. The van der Waals surface area contributed by atoms with E-state index in [1.807, 2.05) is 32.0 Å². The van der Waals surface area contributed by atoms with Crippen LogP contribution in [0.2, 0.25) is 0 Å². The number of nitrogens with zero attached hydrogens (tertiary/aromatic N) is 1. The number of aryl methyl sites for hydroxylation is 2. The molecule has 6 nitrogen and oxygen atoms in total. The summed E-state index contributed by atoms with van der Waals surface area (Å²) in [4.78, 5) is 0. The summed E-state index contributed by atoms with van der Waals surface area (Å²) in [7, 11) is -4.21. The second kappa shape index (κ2) is 8.42. The molecule has 0 aliphatic carbocycles. The third-order valence-electron chi connectivity index (χ3n) is 4.01. The summed E-state index contributed by atoms with van der Waals surface area (Å²) in [6.45, 7) is 4.51. The van der Waals surface area contributed by atoms with Crippen LogP contribution in [-0.4, -0.2) is 36.5 Å². The Kier molecular flexibility index (Phi) is 6.52. The molecule has 7 heteroatoms. The summed E-state index contributed by atoms with van der Waals surface area (Å²) in [5.74, 6) is 0.349. The summed E-state index contributed by atoms with van der Waals surface area (Å²) < 4.78 is 39.4. The molecular weight excluding hydrogens is 342 g/mol. The first-order valence-corrected chi connectivity index (χ1v) is 9.61. The fourth-order valence-electron chi connectivity index (χ4n) is 2.38. The minimum Gasteiger partial charge on any atom is -0.748 e. The van der Waals surface area contributed by atoms with E-state index in [1.165, 1.54) is 0 Å². The lowest BCUT2D eigenvalue weighted by atomic mass is 10.1. The third-order valence-corrected chi connectivity index (χ3v) is 4.71. The molecule has 1 aromatic carbocycles. The Morgan fingerprint density at radius 3 is 2.52 bits per heavy atom. The molecule has 1 unspecified atom stereocenters. The first-order valence-electron chi connectivity index (χ1n) is 8.03. The van der Waals surface area contributed by atoms with Gasteiger partial charge in [-0.25, -0.2) is 13.0 Å². The van der Waals surface area contributed by atoms with Crippen molar-refractivity contribution in [3.8, 4) is 5.75 Å². The molecule has 136 valence electrons. The minimum atomic E-state index is -4.21. The summed E-state index contributed by atoms with van der Waals surface area (Å²) >= 11 is 0.